The fraction of sp³-hybridized carbons (Fsp3) is 0.406. The third kappa shape index (κ3) is 6.99. The third-order valence-electron chi connectivity index (χ3n) is 8.09. The van der Waals surface area contributed by atoms with Crippen LogP contribution in [0.3, 0.4) is 0 Å². The van der Waals surface area contributed by atoms with Gasteiger partial charge in [0.05, 0.1) is 25.8 Å². The van der Waals surface area contributed by atoms with Crippen LogP contribution in [0.5, 0.6) is 11.5 Å². The fourth-order valence-corrected chi connectivity index (χ4v) is 5.83. The first kappa shape index (κ1) is 29.7. The smallest absolute Gasteiger partial charge is 0.416 e. The van der Waals surface area contributed by atoms with Gasteiger partial charge in [0, 0.05) is 57.5 Å². The van der Waals surface area contributed by atoms with Gasteiger partial charge in [-0.25, -0.2) is 0 Å². The number of hydrogen-bond acceptors (Lipinski definition) is 6. The molecule has 3 aromatic carbocycles. The average molecular weight is 583 g/mol. The van der Waals surface area contributed by atoms with Gasteiger partial charge in [-0.3, -0.25) is 9.69 Å². The van der Waals surface area contributed by atoms with E-state index >= 15 is 0 Å². The molecule has 2 saturated heterocycles. The Morgan fingerprint density at radius 3 is 2.31 bits per heavy atom. The van der Waals surface area contributed by atoms with Gasteiger partial charge in [0.1, 0.15) is 0 Å². The molecule has 0 spiro atoms. The number of ether oxygens (including phenoxy) is 2. The highest BCUT2D eigenvalue weighted by molar-refractivity contribution is 5.82. The van der Waals surface area contributed by atoms with Crippen LogP contribution in [0, 0.1) is 0 Å². The Hall–Kier alpha value is -3.76. The van der Waals surface area contributed by atoms with Crippen molar-refractivity contribution in [2.45, 2.75) is 37.8 Å². The lowest BCUT2D eigenvalue weighted by atomic mass is 10.1. The van der Waals surface area contributed by atoms with Crippen molar-refractivity contribution in [1.82, 2.24) is 15.1 Å². The topological polar surface area (TPSA) is 57.3 Å². The van der Waals surface area contributed by atoms with Crippen molar-refractivity contribution in [1.29, 1.82) is 0 Å². The molecule has 5 rings (SSSR count). The summed E-state index contributed by atoms with van der Waals surface area (Å²) in [6.45, 7) is 3.92. The summed E-state index contributed by atoms with van der Waals surface area (Å²) in [7, 11) is 3.22. The summed E-state index contributed by atoms with van der Waals surface area (Å²) >= 11 is 0. The monoisotopic (exact) mass is 582 g/mol. The van der Waals surface area contributed by atoms with Crippen LogP contribution in [0.2, 0.25) is 0 Å². The molecule has 3 aromatic rings. The molecule has 0 aromatic heterocycles. The molecule has 1 N–H and O–H groups in total. The Morgan fingerprint density at radius 2 is 1.62 bits per heavy atom. The zero-order valence-corrected chi connectivity index (χ0v) is 23.9. The number of hydrogen-bond donors (Lipinski definition) is 1. The van der Waals surface area contributed by atoms with E-state index in [1.54, 1.807) is 20.3 Å². The fourth-order valence-electron chi connectivity index (χ4n) is 5.83. The Kier molecular flexibility index (Phi) is 9.23. The number of nitrogens with one attached hydrogen (secondary N) is 1. The Balaban J connectivity index is 1.24. The standard InChI is InChI=1S/C32H37F3N4O3/c1-41-29-12-11-24(17-30(29)42-2)20-36-26-19-28(39(22-26)21-23-7-4-3-5-8-23)31(40)38-15-13-37(14-16-38)27-10-6-9-25(18-27)32(33,34)35/h3-12,17-18,26,28,36H,13-16,19-22H2,1-2H3/t26-,28+/m1/s1. The second kappa shape index (κ2) is 13.0. The predicted molar refractivity (Wildman–Crippen MR) is 156 cm³/mol. The largest absolute Gasteiger partial charge is 0.493 e. The number of rotatable bonds is 9. The number of nitrogens with zero attached hydrogens (tertiary/aromatic N) is 3. The molecule has 224 valence electrons. The number of amides is 1. The van der Waals surface area contributed by atoms with Crippen LogP contribution < -0.4 is 19.7 Å². The maximum absolute atomic E-state index is 13.9. The van der Waals surface area contributed by atoms with Crippen molar-refractivity contribution in [2.24, 2.45) is 0 Å². The van der Waals surface area contributed by atoms with Crippen molar-refractivity contribution < 1.29 is 27.4 Å². The van der Waals surface area contributed by atoms with E-state index < -0.39 is 11.7 Å². The number of halogens is 3. The molecule has 10 heteroatoms. The molecular weight excluding hydrogens is 545 g/mol. The van der Waals surface area contributed by atoms with Crippen LogP contribution in [-0.2, 0) is 24.1 Å². The summed E-state index contributed by atoms with van der Waals surface area (Å²) in [4.78, 5) is 19.9. The van der Waals surface area contributed by atoms with Gasteiger partial charge in [0.15, 0.2) is 11.5 Å². The molecule has 0 aliphatic carbocycles. The number of carbonyl (C=O) groups excluding carboxylic acids is 1. The van der Waals surface area contributed by atoms with Gasteiger partial charge in [-0.05, 0) is 47.9 Å². The highest BCUT2D eigenvalue weighted by Gasteiger charge is 2.39. The summed E-state index contributed by atoms with van der Waals surface area (Å²) in [6, 6.07) is 21.2. The second-order valence-electron chi connectivity index (χ2n) is 10.8. The summed E-state index contributed by atoms with van der Waals surface area (Å²) in [5.41, 5.74) is 2.07. The number of benzene rings is 3. The molecule has 0 bridgehead atoms. The van der Waals surface area contributed by atoms with Gasteiger partial charge in [0.2, 0.25) is 5.91 Å². The first-order chi connectivity index (χ1) is 20.2. The van der Waals surface area contributed by atoms with Gasteiger partial charge in [-0.2, -0.15) is 13.2 Å². The zero-order valence-electron chi connectivity index (χ0n) is 23.9. The van der Waals surface area contributed by atoms with E-state index in [1.165, 1.54) is 12.1 Å². The van der Waals surface area contributed by atoms with Crippen molar-refractivity contribution >= 4 is 11.6 Å². The minimum Gasteiger partial charge on any atom is -0.493 e. The van der Waals surface area contributed by atoms with E-state index in [1.807, 2.05) is 46.2 Å². The molecule has 7 nitrogen and oxygen atoms in total. The van der Waals surface area contributed by atoms with Crippen LogP contribution >= 0.6 is 0 Å². The molecule has 1 amide bonds. The maximum atomic E-state index is 13.9. The Morgan fingerprint density at radius 1 is 0.881 bits per heavy atom. The maximum Gasteiger partial charge on any atom is 0.416 e. The Labute approximate surface area is 244 Å². The van der Waals surface area contributed by atoms with E-state index in [-0.39, 0.29) is 18.0 Å². The number of methoxy groups -OCH3 is 2. The highest BCUT2D eigenvalue weighted by Crippen LogP contribution is 2.32. The SMILES string of the molecule is COc1ccc(CN[C@@H]2C[C@@H](C(=O)N3CCN(c4cccc(C(F)(F)F)c4)CC3)N(Cc3ccccc3)C2)cc1OC. The van der Waals surface area contributed by atoms with Gasteiger partial charge in [-0.1, -0.05) is 42.5 Å². The van der Waals surface area contributed by atoms with Crippen LogP contribution in [0.15, 0.2) is 72.8 Å². The minimum absolute atomic E-state index is 0.0741. The van der Waals surface area contributed by atoms with Gasteiger partial charge < -0.3 is 24.6 Å². The molecule has 42 heavy (non-hydrogen) atoms. The summed E-state index contributed by atoms with van der Waals surface area (Å²) in [6.07, 6.45) is -3.71. The van der Waals surface area contributed by atoms with Crippen molar-refractivity contribution in [2.75, 3.05) is 51.8 Å². The van der Waals surface area contributed by atoms with E-state index in [9.17, 15) is 18.0 Å². The average Bonchev–Trinajstić information content (AvgIpc) is 3.42. The lowest BCUT2D eigenvalue weighted by Crippen LogP contribution is -2.53. The minimum atomic E-state index is -4.39. The van der Waals surface area contributed by atoms with Crippen molar-refractivity contribution in [3.63, 3.8) is 0 Å². The highest BCUT2D eigenvalue weighted by atomic mass is 19.4. The number of anilines is 1. The molecule has 2 fully saturated rings. The summed E-state index contributed by atoms with van der Waals surface area (Å²) in [5, 5.41) is 3.63. The molecule has 2 aliphatic heterocycles. The second-order valence-corrected chi connectivity index (χ2v) is 10.8. The van der Waals surface area contributed by atoms with Crippen LogP contribution in [0.4, 0.5) is 18.9 Å². The van der Waals surface area contributed by atoms with Crippen LogP contribution in [-0.4, -0.2) is 74.7 Å². The number of alkyl halides is 3. The van der Waals surface area contributed by atoms with E-state index in [4.69, 9.17) is 9.47 Å². The first-order valence-electron chi connectivity index (χ1n) is 14.2. The number of piperazine rings is 1. The van der Waals surface area contributed by atoms with Crippen molar-refractivity contribution in [3.8, 4) is 11.5 Å². The van der Waals surface area contributed by atoms with Crippen LogP contribution in [0.25, 0.3) is 0 Å². The first-order valence-corrected chi connectivity index (χ1v) is 14.2. The van der Waals surface area contributed by atoms with E-state index in [0.29, 0.717) is 62.9 Å². The molecular formula is C32H37F3N4O3. The lowest BCUT2D eigenvalue weighted by molar-refractivity contribution is -0.137. The lowest BCUT2D eigenvalue weighted by Gasteiger charge is -2.38. The van der Waals surface area contributed by atoms with Gasteiger partial charge >= 0.3 is 6.18 Å². The van der Waals surface area contributed by atoms with Gasteiger partial charge in [-0.15, -0.1) is 0 Å². The molecule has 2 heterocycles. The summed E-state index contributed by atoms with van der Waals surface area (Å²) < 4.78 is 50.5. The number of likely N-dealkylation sites (tertiary alicyclic amines) is 1. The molecule has 0 saturated carbocycles. The summed E-state index contributed by atoms with van der Waals surface area (Å²) in [5.74, 6) is 1.42. The Bertz CT molecular complexity index is 1350. The van der Waals surface area contributed by atoms with Gasteiger partial charge in [0.25, 0.3) is 0 Å². The van der Waals surface area contributed by atoms with E-state index in [2.05, 4.69) is 22.3 Å². The van der Waals surface area contributed by atoms with E-state index in [0.717, 1.165) is 23.7 Å². The molecule has 2 aliphatic rings. The molecule has 0 radical (unpaired) electrons. The zero-order chi connectivity index (χ0) is 29.7. The quantitative estimate of drug-likeness (QED) is 0.391. The molecule has 0 unspecified atom stereocenters. The normalized spacial score (nSPS) is 19.6. The number of carbonyl (C=O) groups is 1. The molecule has 2 atom stereocenters. The predicted octanol–water partition coefficient (Wildman–Crippen LogP) is 4.80. The third-order valence-corrected chi connectivity index (χ3v) is 8.09. The van der Waals surface area contributed by atoms with Crippen molar-refractivity contribution in [3.05, 3.63) is 89.5 Å². The van der Waals surface area contributed by atoms with Crippen LogP contribution in [0.1, 0.15) is 23.1 Å².